The zero-order valence-electron chi connectivity index (χ0n) is 10.5. The van der Waals surface area contributed by atoms with Gasteiger partial charge in [0.2, 0.25) is 11.0 Å². The van der Waals surface area contributed by atoms with Crippen molar-refractivity contribution in [2.24, 2.45) is 0 Å². The molecular weight excluding hydrogens is 238 g/mol. The minimum atomic E-state index is 0.0169. The molecule has 7 heteroatoms. The molecule has 2 N–H and O–H groups in total. The van der Waals surface area contributed by atoms with Crippen molar-refractivity contribution in [3.8, 4) is 0 Å². The Bertz CT molecular complexity index is 354. The Morgan fingerprint density at radius 1 is 1.41 bits per heavy atom. The van der Waals surface area contributed by atoms with Crippen LogP contribution in [-0.4, -0.2) is 47.7 Å². The van der Waals surface area contributed by atoms with E-state index in [9.17, 15) is 4.79 Å². The topological polar surface area (TPSA) is 70.2 Å². The third-order valence-corrected chi connectivity index (χ3v) is 3.11. The van der Waals surface area contributed by atoms with Gasteiger partial charge in [0.1, 0.15) is 5.01 Å². The predicted octanol–water partition coefficient (Wildman–Crippen LogP) is 0.538. The first-order chi connectivity index (χ1) is 8.19. The average Bonchev–Trinajstić information content (AvgIpc) is 2.76. The zero-order chi connectivity index (χ0) is 12.7. The van der Waals surface area contributed by atoms with Crippen LogP contribution < -0.4 is 10.6 Å². The molecule has 0 aromatic carbocycles. The van der Waals surface area contributed by atoms with Crippen LogP contribution in [0.3, 0.4) is 0 Å². The zero-order valence-corrected chi connectivity index (χ0v) is 11.3. The average molecular weight is 257 g/mol. The highest BCUT2D eigenvalue weighted by atomic mass is 32.1. The van der Waals surface area contributed by atoms with Gasteiger partial charge in [-0.1, -0.05) is 18.3 Å². The number of anilines is 1. The highest BCUT2D eigenvalue weighted by Crippen LogP contribution is 2.16. The van der Waals surface area contributed by atoms with Gasteiger partial charge < -0.3 is 10.6 Å². The van der Waals surface area contributed by atoms with Crippen molar-refractivity contribution in [3.05, 3.63) is 5.01 Å². The Balaban J connectivity index is 2.51. The van der Waals surface area contributed by atoms with Crippen molar-refractivity contribution < 1.29 is 4.79 Å². The van der Waals surface area contributed by atoms with Crippen LogP contribution >= 0.6 is 11.3 Å². The van der Waals surface area contributed by atoms with E-state index in [1.165, 1.54) is 11.3 Å². The molecule has 1 heterocycles. The normalized spacial score (nSPS) is 10.6. The number of carbonyl (C=O) groups is 1. The monoisotopic (exact) mass is 257 g/mol. The molecule has 0 atom stereocenters. The summed E-state index contributed by atoms with van der Waals surface area (Å²) in [5.41, 5.74) is 0. The SMILES string of the molecule is CCNc1nnc(CN(CC)CC(=O)NC)s1. The van der Waals surface area contributed by atoms with Gasteiger partial charge in [0, 0.05) is 13.6 Å². The Morgan fingerprint density at radius 3 is 2.76 bits per heavy atom. The van der Waals surface area contributed by atoms with E-state index in [1.807, 2.05) is 18.7 Å². The van der Waals surface area contributed by atoms with Crippen LogP contribution in [-0.2, 0) is 11.3 Å². The molecule has 1 amide bonds. The summed E-state index contributed by atoms with van der Waals surface area (Å²) >= 11 is 1.53. The largest absolute Gasteiger partial charge is 0.360 e. The summed E-state index contributed by atoms with van der Waals surface area (Å²) in [5, 5.41) is 15.6. The van der Waals surface area contributed by atoms with E-state index < -0.39 is 0 Å². The van der Waals surface area contributed by atoms with Crippen LogP contribution in [0.1, 0.15) is 18.9 Å². The Morgan fingerprint density at radius 2 is 2.18 bits per heavy atom. The fourth-order valence-corrected chi connectivity index (χ4v) is 2.14. The molecule has 0 fully saturated rings. The maximum Gasteiger partial charge on any atom is 0.233 e. The Hall–Kier alpha value is -1.21. The van der Waals surface area contributed by atoms with E-state index in [-0.39, 0.29) is 5.91 Å². The molecule has 0 bridgehead atoms. The van der Waals surface area contributed by atoms with Crippen LogP contribution in [0.2, 0.25) is 0 Å². The Kier molecular flexibility index (Phi) is 5.85. The number of rotatable bonds is 7. The van der Waals surface area contributed by atoms with E-state index in [4.69, 9.17) is 0 Å². The van der Waals surface area contributed by atoms with E-state index >= 15 is 0 Å². The molecular formula is C10H19N5OS. The van der Waals surface area contributed by atoms with Gasteiger partial charge in [0.25, 0.3) is 0 Å². The van der Waals surface area contributed by atoms with E-state index in [0.717, 1.165) is 23.2 Å². The number of hydrogen-bond acceptors (Lipinski definition) is 6. The molecule has 0 aliphatic carbocycles. The second-order valence-electron chi connectivity index (χ2n) is 3.51. The van der Waals surface area contributed by atoms with Crippen molar-refractivity contribution in [3.63, 3.8) is 0 Å². The molecule has 0 spiro atoms. The van der Waals surface area contributed by atoms with Gasteiger partial charge in [0.15, 0.2) is 0 Å². The van der Waals surface area contributed by atoms with Crippen LogP contribution in [0.4, 0.5) is 5.13 Å². The fourth-order valence-electron chi connectivity index (χ4n) is 1.29. The van der Waals surface area contributed by atoms with E-state index in [0.29, 0.717) is 13.1 Å². The summed E-state index contributed by atoms with van der Waals surface area (Å²) < 4.78 is 0. The molecule has 0 unspecified atom stereocenters. The van der Waals surface area contributed by atoms with Gasteiger partial charge in [-0.05, 0) is 13.5 Å². The number of carbonyl (C=O) groups excluding carboxylic acids is 1. The number of nitrogens with one attached hydrogen (secondary N) is 2. The second kappa shape index (κ2) is 7.18. The number of amides is 1. The van der Waals surface area contributed by atoms with Crippen molar-refractivity contribution in [2.45, 2.75) is 20.4 Å². The summed E-state index contributed by atoms with van der Waals surface area (Å²) in [4.78, 5) is 13.3. The number of aromatic nitrogens is 2. The first kappa shape index (κ1) is 13.9. The molecule has 6 nitrogen and oxygen atoms in total. The highest BCUT2D eigenvalue weighted by Gasteiger charge is 2.11. The van der Waals surface area contributed by atoms with Crippen LogP contribution in [0.5, 0.6) is 0 Å². The Labute approximate surface area is 105 Å². The molecule has 0 saturated heterocycles. The lowest BCUT2D eigenvalue weighted by Crippen LogP contribution is -2.35. The lowest BCUT2D eigenvalue weighted by atomic mass is 10.4. The summed E-state index contributed by atoms with van der Waals surface area (Å²) in [5.74, 6) is 0.0169. The molecule has 96 valence electrons. The summed E-state index contributed by atoms with van der Waals surface area (Å²) in [6.45, 7) is 6.74. The highest BCUT2D eigenvalue weighted by molar-refractivity contribution is 7.15. The molecule has 17 heavy (non-hydrogen) atoms. The van der Waals surface area contributed by atoms with Crippen LogP contribution in [0.15, 0.2) is 0 Å². The third-order valence-electron chi connectivity index (χ3n) is 2.25. The molecule has 0 radical (unpaired) electrons. The molecule has 1 aromatic heterocycles. The lowest BCUT2D eigenvalue weighted by molar-refractivity contribution is -0.121. The molecule has 0 saturated carbocycles. The maximum absolute atomic E-state index is 11.3. The maximum atomic E-state index is 11.3. The molecule has 1 aromatic rings. The van der Waals surface area contributed by atoms with Gasteiger partial charge in [-0.2, -0.15) is 0 Å². The van der Waals surface area contributed by atoms with Gasteiger partial charge >= 0.3 is 0 Å². The van der Waals surface area contributed by atoms with E-state index in [2.05, 4.69) is 20.8 Å². The van der Waals surface area contributed by atoms with E-state index in [1.54, 1.807) is 7.05 Å². The standard InChI is InChI=1S/C10H19N5OS/c1-4-12-10-14-13-9(17-10)7-15(5-2)6-8(16)11-3/h4-7H2,1-3H3,(H,11,16)(H,12,14). The third kappa shape index (κ3) is 4.66. The van der Waals surface area contributed by atoms with Crippen LogP contribution in [0.25, 0.3) is 0 Å². The second-order valence-corrected chi connectivity index (χ2v) is 4.57. The lowest BCUT2D eigenvalue weighted by Gasteiger charge is -2.17. The van der Waals surface area contributed by atoms with Gasteiger partial charge in [-0.15, -0.1) is 10.2 Å². The van der Waals surface area contributed by atoms with Crippen molar-refractivity contribution in [1.82, 2.24) is 20.4 Å². The number of hydrogen-bond donors (Lipinski definition) is 2. The minimum Gasteiger partial charge on any atom is -0.360 e. The predicted molar refractivity (Wildman–Crippen MR) is 69.1 cm³/mol. The van der Waals surface area contributed by atoms with Crippen molar-refractivity contribution >= 4 is 22.4 Å². The van der Waals surface area contributed by atoms with Gasteiger partial charge in [-0.3, -0.25) is 9.69 Å². The summed E-state index contributed by atoms with van der Waals surface area (Å²) in [6, 6.07) is 0. The van der Waals surface area contributed by atoms with Crippen LogP contribution in [0, 0.1) is 0 Å². The summed E-state index contributed by atoms with van der Waals surface area (Å²) in [7, 11) is 1.64. The van der Waals surface area contributed by atoms with Crippen molar-refractivity contribution in [1.29, 1.82) is 0 Å². The quantitative estimate of drug-likeness (QED) is 0.746. The first-order valence-corrected chi connectivity index (χ1v) is 6.50. The number of likely N-dealkylation sites (N-methyl/N-ethyl adjacent to an activating group) is 2. The van der Waals surface area contributed by atoms with Crippen molar-refractivity contribution in [2.75, 3.05) is 32.0 Å². The molecule has 1 rings (SSSR count). The molecule has 0 aliphatic heterocycles. The fraction of sp³-hybridized carbons (Fsp3) is 0.700. The minimum absolute atomic E-state index is 0.0169. The molecule has 0 aliphatic rings. The first-order valence-electron chi connectivity index (χ1n) is 5.68. The smallest absolute Gasteiger partial charge is 0.233 e. The van der Waals surface area contributed by atoms with Gasteiger partial charge in [0.05, 0.1) is 13.1 Å². The number of nitrogens with zero attached hydrogens (tertiary/aromatic N) is 3. The summed E-state index contributed by atoms with van der Waals surface area (Å²) in [6.07, 6.45) is 0. The van der Waals surface area contributed by atoms with Gasteiger partial charge in [-0.25, -0.2) is 0 Å².